The van der Waals surface area contributed by atoms with Gasteiger partial charge in [0.05, 0.1) is 19.3 Å². The van der Waals surface area contributed by atoms with Gasteiger partial charge in [0.15, 0.2) is 5.96 Å². The van der Waals surface area contributed by atoms with Gasteiger partial charge in [-0.15, -0.1) is 24.0 Å². The standard InChI is InChI=1S/C21H32N4O2.HI/c1-21(2,3)18-14-24-19(27-18)15-25-20(22-4)23-12-8-9-13-26-16-17-10-6-5-7-11-17;/h5-7,10-11,14H,8-9,12-13,15-16H2,1-4H3,(H2,22,23,25);1H. The molecule has 0 amide bonds. The quantitative estimate of drug-likeness (QED) is 0.233. The number of hydrogen-bond acceptors (Lipinski definition) is 4. The zero-order valence-corrected chi connectivity index (χ0v) is 19.7. The molecule has 0 atom stereocenters. The second-order valence-corrected chi connectivity index (χ2v) is 7.47. The average Bonchev–Trinajstić information content (AvgIpc) is 3.14. The Bertz CT molecular complexity index is 696. The maximum atomic E-state index is 5.78. The van der Waals surface area contributed by atoms with E-state index in [0.717, 1.165) is 37.7 Å². The molecular formula is C21H33IN4O2. The molecule has 1 aromatic carbocycles. The Labute approximate surface area is 185 Å². The molecule has 28 heavy (non-hydrogen) atoms. The van der Waals surface area contributed by atoms with E-state index in [-0.39, 0.29) is 29.4 Å². The van der Waals surface area contributed by atoms with Crippen molar-refractivity contribution in [3.8, 4) is 0 Å². The zero-order chi connectivity index (χ0) is 19.5. The molecule has 2 N–H and O–H groups in total. The van der Waals surface area contributed by atoms with Crippen molar-refractivity contribution in [1.82, 2.24) is 15.6 Å². The third-order valence-electron chi connectivity index (χ3n) is 4.04. The van der Waals surface area contributed by atoms with Gasteiger partial charge in [-0.05, 0) is 18.4 Å². The lowest BCUT2D eigenvalue weighted by Gasteiger charge is -2.13. The van der Waals surface area contributed by atoms with Gasteiger partial charge in [0.2, 0.25) is 5.89 Å². The fraction of sp³-hybridized carbons (Fsp3) is 0.524. The summed E-state index contributed by atoms with van der Waals surface area (Å²) in [5, 5.41) is 6.52. The number of nitrogens with zero attached hydrogens (tertiary/aromatic N) is 2. The minimum Gasteiger partial charge on any atom is -0.443 e. The van der Waals surface area contributed by atoms with Crippen molar-refractivity contribution in [2.24, 2.45) is 4.99 Å². The van der Waals surface area contributed by atoms with Crippen LogP contribution in [-0.2, 0) is 23.3 Å². The second kappa shape index (κ2) is 12.8. The van der Waals surface area contributed by atoms with Crippen molar-refractivity contribution in [2.75, 3.05) is 20.2 Å². The van der Waals surface area contributed by atoms with Crippen LogP contribution < -0.4 is 10.6 Å². The molecule has 0 saturated carbocycles. The number of halogens is 1. The van der Waals surface area contributed by atoms with Gasteiger partial charge in [-0.1, -0.05) is 51.1 Å². The van der Waals surface area contributed by atoms with Crippen molar-refractivity contribution in [2.45, 2.75) is 52.2 Å². The molecule has 1 aromatic heterocycles. The van der Waals surface area contributed by atoms with Crippen LogP contribution in [0.2, 0.25) is 0 Å². The Hall–Kier alpha value is -1.61. The van der Waals surface area contributed by atoms with Crippen molar-refractivity contribution >= 4 is 29.9 Å². The molecule has 7 heteroatoms. The number of hydrogen-bond donors (Lipinski definition) is 2. The predicted molar refractivity (Wildman–Crippen MR) is 124 cm³/mol. The molecule has 2 aromatic rings. The number of nitrogens with one attached hydrogen (secondary N) is 2. The van der Waals surface area contributed by atoms with Gasteiger partial charge in [0.1, 0.15) is 5.76 Å². The fourth-order valence-corrected chi connectivity index (χ4v) is 2.42. The molecule has 0 aliphatic carbocycles. The highest BCUT2D eigenvalue weighted by Crippen LogP contribution is 2.22. The molecule has 156 valence electrons. The second-order valence-electron chi connectivity index (χ2n) is 7.47. The number of aromatic nitrogens is 1. The Balaban J connectivity index is 0.00000392. The average molecular weight is 500 g/mol. The predicted octanol–water partition coefficient (Wildman–Crippen LogP) is 4.25. The Morgan fingerprint density at radius 1 is 1.14 bits per heavy atom. The first-order chi connectivity index (χ1) is 13.0. The van der Waals surface area contributed by atoms with Crippen molar-refractivity contribution in [3.05, 3.63) is 53.7 Å². The largest absolute Gasteiger partial charge is 0.443 e. The SMILES string of the molecule is CN=C(NCCCCOCc1ccccc1)NCc1ncc(C(C)(C)C)o1.I. The summed E-state index contributed by atoms with van der Waals surface area (Å²) in [5.74, 6) is 2.30. The lowest BCUT2D eigenvalue weighted by atomic mass is 9.94. The van der Waals surface area contributed by atoms with Gasteiger partial charge < -0.3 is 19.8 Å². The third-order valence-corrected chi connectivity index (χ3v) is 4.04. The molecule has 0 aliphatic rings. The van der Waals surface area contributed by atoms with Crippen LogP contribution in [0.25, 0.3) is 0 Å². The molecular weight excluding hydrogens is 467 g/mol. The summed E-state index contributed by atoms with van der Waals surface area (Å²) < 4.78 is 11.5. The van der Waals surface area contributed by atoms with Gasteiger partial charge in [0.25, 0.3) is 0 Å². The molecule has 0 fully saturated rings. The van der Waals surface area contributed by atoms with Gasteiger partial charge >= 0.3 is 0 Å². The minimum absolute atomic E-state index is 0. The normalized spacial score (nSPS) is 11.8. The number of unbranched alkanes of at least 4 members (excludes halogenated alkanes) is 1. The number of oxazole rings is 1. The van der Waals surface area contributed by atoms with Crippen molar-refractivity contribution in [3.63, 3.8) is 0 Å². The monoisotopic (exact) mass is 500 g/mol. The summed E-state index contributed by atoms with van der Waals surface area (Å²) in [6.07, 6.45) is 3.82. The molecule has 0 bridgehead atoms. The maximum absolute atomic E-state index is 5.78. The first-order valence-corrected chi connectivity index (χ1v) is 9.50. The van der Waals surface area contributed by atoms with Gasteiger partial charge in [-0.3, -0.25) is 4.99 Å². The molecule has 6 nitrogen and oxygen atoms in total. The zero-order valence-electron chi connectivity index (χ0n) is 17.3. The lowest BCUT2D eigenvalue weighted by Crippen LogP contribution is -2.37. The maximum Gasteiger partial charge on any atom is 0.213 e. The Kier molecular flexibility index (Phi) is 11.1. The van der Waals surface area contributed by atoms with Crippen LogP contribution in [-0.4, -0.2) is 31.1 Å². The van der Waals surface area contributed by atoms with E-state index in [1.54, 1.807) is 13.2 Å². The molecule has 1 heterocycles. The van der Waals surface area contributed by atoms with E-state index in [1.807, 2.05) is 18.2 Å². The third kappa shape index (κ3) is 9.05. The van der Waals surface area contributed by atoms with E-state index in [1.165, 1.54) is 5.56 Å². The summed E-state index contributed by atoms with van der Waals surface area (Å²) >= 11 is 0. The van der Waals surface area contributed by atoms with Crippen LogP contribution in [0.3, 0.4) is 0 Å². The number of benzene rings is 1. The highest BCUT2D eigenvalue weighted by Gasteiger charge is 2.19. The Morgan fingerprint density at radius 3 is 2.54 bits per heavy atom. The van der Waals surface area contributed by atoms with Gasteiger partial charge in [-0.2, -0.15) is 0 Å². The van der Waals surface area contributed by atoms with Crippen LogP contribution in [0.1, 0.15) is 50.8 Å². The molecule has 2 rings (SSSR count). The van der Waals surface area contributed by atoms with E-state index in [9.17, 15) is 0 Å². The van der Waals surface area contributed by atoms with Crippen molar-refractivity contribution < 1.29 is 9.15 Å². The first-order valence-electron chi connectivity index (χ1n) is 9.50. The number of guanidine groups is 1. The van der Waals surface area contributed by atoms with Crippen LogP contribution in [0.5, 0.6) is 0 Å². The molecule has 0 spiro atoms. The highest BCUT2D eigenvalue weighted by molar-refractivity contribution is 14.0. The number of aliphatic imine (C=N–C) groups is 1. The molecule has 0 unspecified atom stereocenters. The number of rotatable bonds is 9. The van der Waals surface area contributed by atoms with Gasteiger partial charge in [-0.25, -0.2) is 4.98 Å². The Morgan fingerprint density at radius 2 is 1.89 bits per heavy atom. The summed E-state index contributed by atoms with van der Waals surface area (Å²) in [4.78, 5) is 8.54. The number of ether oxygens (including phenoxy) is 1. The smallest absolute Gasteiger partial charge is 0.213 e. The van der Waals surface area contributed by atoms with E-state index >= 15 is 0 Å². The van der Waals surface area contributed by atoms with E-state index in [2.05, 4.69) is 53.5 Å². The van der Waals surface area contributed by atoms with Crippen LogP contribution in [0.15, 0.2) is 45.9 Å². The summed E-state index contributed by atoms with van der Waals surface area (Å²) in [5.41, 5.74) is 1.18. The van der Waals surface area contributed by atoms with E-state index < -0.39 is 0 Å². The van der Waals surface area contributed by atoms with Crippen LogP contribution in [0, 0.1) is 0 Å². The van der Waals surface area contributed by atoms with Crippen LogP contribution in [0.4, 0.5) is 0 Å². The molecule has 0 radical (unpaired) electrons. The van der Waals surface area contributed by atoms with Gasteiger partial charge in [0, 0.05) is 25.6 Å². The first kappa shape index (κ1) is 24.4. The van der Waals surface area contributed by atoms with E-state index in [0.29, 0.717) is 19.0 Å². The summed E-state index contributed by atoms with van der Waals surface area (Å²) in [6, 6.07) is 10.2. The topological polar surface area (TPSA) is 71.7 Å². The summed E-state index contributed by atoms with van der Waals surface area (Å²) in [6.45, 7) is 9.10. The summed E-state index contributed by atoms with van der Waals surface area (Å²) in [7, 11) is 1.76. The van der Waals surface area contributed by atoms with Crippen molar-refractivity contribution in [1.29, 1.82) is 0 Å². The van der Waals surface area contributed by atoms with Crippen LogP contribution >= 0.6 is 24.0 Å². The fourth-order valence-electron chi connectivity index (χ4n) is 2.42. The lowest BCUT2D eigenvalue weighted by molar-refractivity contribution is 0.117. The molecule has 0 saturated heterocycles. The minimum atomic E-state index is -0.0340. The molecule has 0 aliphatic heterocycles. The highest BCUT2D eigenvalue weighted by atomic mass is 127. The van der Waals surface area contributed by atoms with E-state index in [4.69, 9.17) is 9.15 Å².